The van der Waals surface area contributed by atoms with Crippen molar-refractivity contribution in [2.45, 2.75) is 25.3 Å². The molecule has 4 heteroatoms. The van der Waals surface area contributed by atoms with Gasteiger partial charge in [0, 0.05) is 12.1 Å². The molecule has 1 fully saturated rings. The molecule has 0 saturated heterocycles. The number of methoxy groups -OCH3 is 1. The van der Waals surface area contributed by atoms with Crippen molar-refractivity contribution >= 4 is 5.97 Å². The molecular weight excluding hydrogens is 156 g/mol. The summed E-state index contributed by atoms with van der Waals surface area (Å²) in [5.41, 5.74) is 10.3. The summed E-state index contributed by atoms with van der Waals surface area (Å²) >= 11 is 0. The molecule has 4 N–H and O–H groups in total. The first-order chi connectivity index (χ1) is 5.50. The van der Waals surface area contributed by atoms with Gasteiger partial charge in [-0.25, -0.2) is 0 Å². The second-order valence-corrected chi connectivity index (χ2v) is 3.70. The Balaban J connectivity index is 2.79. The lowest BCUT2D eigenvalue weighted by atomic mass is 9.83. The fourth-order valence-electron chi connectivity index (χ4n) is 1.52. The molecular formula is C8H16N2O2. The summed E-state index contributed by atoms with van der Waals surface area (Å²) < 4.78 is 4.69. The molecule has 1 saturated carbocycles. The van der Waals surface area contributed by atoms with Gasteiger partial charge in [-0.2, -0.15) is 0 Å². The van der Waals surface area contributed by atoms with Gasteiger partial charge in [0.2, 0.25) is 0 Å². The molecule has 1 rings (SSSR count). The average Bonchev–Trinajstić information content (AvgIpc) is 2.83. The van der Waals surface area contributed by atoms with Crippen molar-refractivity contribution < 1.29 is 9.53 Å². The van der Waals surface area contributed by atoms with Crippen molar-refractivity contribution in [3.63, 3.8) is 0 Å². The van der Waals surface area contributed by atoms with E-state index in [4.69, 9.17) is 16.2 Å². The van der Waals surface area contributed by atoms with Crippen LogP contribution in [0.25, 0.3) is 0 Å². The highest BCUT2D eigenvalue weighted by Crippen LogP contribution is 2.53. The fraction of sp³-hybridized carbons (Fsp3) is 0.875. The van der Waals surface area contributed by atoms with Gasteiger partial charge < -0.3 is 16.2 Å². The predicted octanol–water partition coefficient (Wildman–Crippen LogP) is -0.384. The van der Waals surface area contributed by atoms with Crippen molar-refractivity contribution in [3.05, 3.63) is 0 Å². The zero-order valence-corrected chi connectivity index (χ0v) is 7.59. The number of carbonyl (C=O) groups excluding carboxylic acids is 1. The molecule has 0 amide bonds. The summed E-state index contributed by atoms with van der Waals surface area (Å²) in [6, 6.07) is 0. The summed E-state index contributed by atoms with van der Waals surface area (Å²) in [4.78, 5) is 11.3. The van der Waals surface area contributed by atoms with Gasteiger partial charge >= 0.3 is 5.97 Å². The average molecular weight is 172 g/mol. The molecule has 4 nitrogen and oxygen atoms in total. The molecule has 1 aliphatic rings. The highest BCUT2D eigenvalue weighted by atomic mass is 16.5. The van der Waals surface area contributed by atoms with Crippen molar-refractivity contribution in [3.8, 4) is 0 Å². The number of hydrogen-bond acceptors (Lipinski definition) is 4. The van der Waals surface area contributed by atoms with Crippen LogP contribution < -0.4 is 11.5 Å². The van der Waals surface area contributed by atoms with Crippen LogP contribution in [0.1, 0.15) is 19.8 Å². The molecule has 1 atom stereocenters. The van der Waals surface area contributed by atoms with Crippen LogP contribution in [-0.2, 0) is 9.53 Å². The molecule has 0 aromatic rings. The molecule has 0 aromatic heterocycles. The van der Waals surface area contributed by atoms with E-state index in [1.54, 1.807) is 6.92 Å². The normalized spacial score (nSPS) is 24.3. The fourth-order valence-corrected chi connectivity index (χ4v) is 1.52. The monoisotopic (exact) mass is 172 g/mol. The van der Waals surface area contributed by atoms with Crippen LogP contribution in [0.5, 0.6) is 0 Å². The van der Waals surface area contributed by atoms with Gasteiger partial charge in [0.25, 0.3) is 0 Å². The molecule has 0 aromatic carbocycles. The second-order valence-electron chi connectivity index (χ2n) is 3.70. The number of hydrogen-bond donors (Lipinski definition) is 2. The van der Waals surface area contributed by atoms with Crippen molar-refractivity contribution in [1.29, 1.82) is 0 Å². The molecule has 0 heterocycles. The highest BCUT2D eigenvalue weighted by molar-refractivity contribution is 5.81. The van der Waals surface area contributed by atoms with E-state index in [9.17, 15) is 4.79 Å². The zero-order valence-electron chi connectivity index (χ0n) is 7.59. The van der Waals surface area contributed by atoms with Gasteiger partial charge in [0.15, 0.2) is 0 Å². The maximum absolute atomic E-state index is 11.3. The third-order valence-electron chi connectivity index (χ3n) is 2.84. The highest BCUT2D eigenvalue weighted by Gasteiger charge is 2.61. The van der Waals surface area contributed by atoms with Crippen LogP contribution in [0.15, 0.2) is 0 Å². The van der Waals surface area contributed by atoms with E-state index in [0.717, 1.165) is 12.8 Å². The number of esters is 1. The summed E-state index contributed by atoms with van der Waals surface area (Å²) in [5, 5.41) is 0. The van der Waals surface area contributed by atoms with Crippen LogP contribution in [0.4, 0.5) is 0 Å². The first-order valence-electron chi connectivity index (χ1n) is 4.07. The summed E-state index contributed by atoms with van der Waals surface area (Å²) in [7, 11) is 1.38. The minimum atomic E-state index is -0.625. The first kappa shape index (κ1) is 9.48. The third-order valence-corrected chi connectivity index (χ3v) is 2.84. The Kier molecular flexibility index (Phi) is 2.14. The van der Waals surface area contributed by atoms with E-state index in [-0.39, 0.29) is 5.97 Å². The number of carbonyl (C=O) groups is 1. The standard InChI is InChI=1S/C8H16N2O2/c1-7(10,5-9)8(3-4-8)6(11)12-2/h3-5,9-10H2,1-2H3. The lowest BCUT2D eigenvalue weighted by molar-refractivity contribution is -0.149. The topological polar surface area (TPSA) is 78.3 Å². The Morgan fingerprint density at radius 3 is 2.42 bits per heavy atom. The Labute approximate surface area is 72.2 Å². The van der Waals surface area contributed by atoms with Crippen LogP contribution in [0.2, 0.25) is 0 Å². The quantitative estimate of drug-likeness (QED) is 0.568. The van der Waals surface area contributed by atoms with Gasteiger partial charge in [0.05, 0.1) is 12.5 Å². The molecule has 12 heavy (non-hydrogen) atoms. The van der Waals surface area contributed by atoms with Gasteiger partial charge in [-0.3, -0.25) is 4.79 Å². The second kappa shape index (κ2) is 2.71. The van der Waals surface area contributed by atoms with E-state index >= 15 is 0 Å². The van der Waals surface area contributed by atoms with E-state index in [1.165, 1.54) is 7.11 Å². The summed E-state index contributed by atoms with van der Waals surface area (Å²) in [5.74, 6) is -0.224. The molecule has 1 unspecified atom stereocenters. The van der Waals surface area contributed by atoms with Gasteiger partial charge in [-0.15, -0.1) is 0 Å². The molecule has 70 valence electrons. The smallest absolute Gasteiger partial charge is 0.313 e. The van der Waals surface area contributed by atoms with E-state index in [0.29, 0.717) is 6.54 Å². The molecule has 1 aliphatic carbocycles. The zero-order chi connectivity index (χ0) is 9.41. The van der Waals surface area contributed by atoms with Crippen LogP contribution >= 0.6 is 0 Å². The van der Waals surface area contributed by atoms with Crippen LogP contribution in [-0.4, -0.2) is 25.2 Å². The third kappa shape index (κ3) is 1.11. The Morgan fingerprint density at radius 2 is 2.17 bits per heavy atom. The minimum Gasteiger partial charge on any atom is -0.469 e. The van der Waals surface area contributed by atoms with Crippen LogP contribution in [0.3, 0.4) is 0 Å². The lowest BCUT2D eigenvalue weighted by Gasteiger charge is -2.30. The molecule has 0 radical (unpaired) electrons. The van der Waals surface area contributed by atoms with E-state index in [2.05, 4.69) is 0 Å². The molecule has 0 bridgehead atoms. The summed E-state index contributed by atoms with van der Waals surface area (Å²) in [6.07, 6.45) is 1.59. The molecule has 0 aliphatic heterocycles. The predicted molar refractivity (Wildman–Crippen MR) is 45.3 cm³/mol. The molecule has 0 spiro atoms. The Hall–Kier alpha value is -0.610. The number of rotatable bonds is 3. The SMILES string of the molecule is COC(=O)C1(C(C)(N)CN)CC1. The van der Waals surface area contributed by atoms with Crippen molar-refractivity contribution in [2.24, 2.45) is 16.9 Å². The largest absolute Gasteiger partial charge is 0.469 e. The first-order valence-corrected chi connectivity index (χ1v) is 4.07. The number of nitrogens with two attached hydrogens (primary N) is 2. The summed E-state index contributed by atoms with van der Waals surface area (Å²) in [6.45, 7) is 2.11. The van der Waals surface area contributed by atoms with Crippen LogP contribution in [0, 0.1) is 5.41 Å². The van der Waals surface area contributed by atoms with Crippen molar-refractivity contribution in [2.75, 3.05) is 13.7 Å². The van der Waals surface area contributed by atoms with Gasteiger partial charge in [-0.05, 0) is 19.8 Å². The Bertz CT molecular complexity index is 197. The van der Waals surface area contributed by atoms with E-state index in [1.807, 2.05) is 0 Å². The van der Waals surface area contributed by atoms with Crippen molar-refractivity contribution in [1.82, 2.24) is 0 Å². The van der Waals surface area contributed by atoms with Gasteiger partial charge in [0.1, 0.15) is 0 Å². The minimum absolute atomic E-state index is 0.224. The Morgan fingerprint density at radius 1 is 1.67 bits per heavy atom. The van der Waals surface area contributed by atoms with Gasteiger partial charge in [-0.1, -0.05) is 0 Å². The maximum atomic E-state index is 11.3. The van der Waals surface area contributed by atoms with E-state index < -0.39 is 11.0 Å². The lowest BCUT2D eigenvalue weighted by Crippen LogP contribution is -2.55. The maximum Gasteiger partial charge on any atom is 0.313 e. The number of ether oxygens (including phenoxy) is 1.